The first-order valence-electron chi connectivity index (χ1n) is 6.70. The molecule has 0 radical (unpaired) electrons. The van der Waals surface area contributed by atoms with Gasteiger partial charge in [-0.15, -0.1) is 0 Å². The largest absolute Gasteiger partial charge is 0.462 e. The summed E-state index contributed by atoms with van der Waals surface area (Å²) in [4.78, 5) is 11.7. The van der Waals surface area contributed by atoms with Gasteiger partial charge in [0.1, 0.15) is 0 Å². The van der Waals surface area contributed by atoms with Crippen LogP contribution < -0.4 is 0 Å². The Balaban J connectivity index is 2.23. The molecule has 7 heteroatoms. The Morgan fingerprint density at radius 1 is 1.27 bits per heavy atom. The van der Waals surface area contributed by atoms with Gasteiger partial charge < -0.3 is 4.74 Å². The summed E-state index contributed by atoms with van der Waals surface area (Å²) in [5.41, 5.74) is 0.802. The van der Waals surface area contributed by atoms with Gasteiger partial charge in [0.05, 0.1) is 23.8 Å². The van der Waals surface area contributed by atoms with Gasteiger partial charge in [-0.25, -0.2) is 4.79 Å². The monoisotopic (exact) mass is 425 g/mol. The highest BCUT2D eigenvalue weighted by molar-refractivity contribution is 14.1. The van der Waals surface area contributed by atoms with E-state index < -0.39 is 18.6 Å². The van der Waals surface area contributed by atoms with Gasteiger partial charge in [0, 0.05) is 10.3 Å². The normalized spacial score (nSPS) is 12.5. The fourth-order valence-corrected chi connectivity index (χ4v) is 2.45. The number of nitrogens with zero attached hydrogens (tertiary/aromatic N) is 1. The quantitative estimate of drug-likeness (QED) is 0.277. The predicted molar refractivity (Wildman–Crippen MR) is 83.8 cm³/mol. The molecule has 0 bridgehead atoms. The molecule has 0 aliphatic heterocycles. The Labute approximate surface area is 140 Å². The van der Waals surface area contributed by atoms with Crippen LogP contribution in [0, 0.1) is 11.3 Å². The summed E-state index contributed by atoms with van der Waals surface area (Å²) >= 11 is 1.99. The second kappa shape index (κ2) is 8.98. The van der Waals surface area contributed by atoms with Crippen LogP contribution in [-0.2, 0) is 4.74 Å². The van der Waals surface area contributed by atoms with Crippen molar-refractivity contribution < 1.29 is 22.7 Å². The SMILES string of the molecule is N#Cc1ccc(C(=O)OCCCC(I)CCC(F)(F)F)cc1. The van der Waals surface area contributed by atoms with Crippen LogP contribution in [0.25, 0.3) is 0 Å². The summed E-state index contributed by atoms with van der Waals surface area (Å²) in [5, 5.41) is 8.65. The molecule has 1 rings (SSSR count). The number of ether oxygens (including phenoxy) is 1. The van der Waals surface area contributed by atoms with Crippen LogP contribution in [0.2, 0.25) is 0 Å². The standard InChI is InChI=1S/C15H15F3INO2/c16-15(17,18)8-7-13(19)2-1-9-22-14(21)12-5-3-11(10-20)4-6-12/h3-6,13H,1-2,7-9H2. The zero-order chi connectivity index (χ0) is 16.6. The molecule has 120 valence electrons. The fraction of sp³-hybridized carbons (Fsp3) is 0.467. The third-order valence-electron chi connectivity index (χ3n) is 2.89. The van der Waals surface area contributed by atoms with E-state index in [1.807, 2.05) is 28.7 Å². The minimum Gasteiger partial charge on any atom is -0.462 e. The zero-order valence-electron chi connectivity index (χ0n) is 11.7. The Hall–Kier alpha value is -1.30. The smallest absolute Gasteiger partial charge is 0.389 e. The Kier molecular flexibility index (Phi) is 7.65. The first kappa shape index (κ1) is 18.7. The van der Waals surface area contributed by atoms with E-state index in [1.54, 1.807) is 0 Å². The molecule has 22 heavy (non-hydrogen) atoms. The van der Waals surface area contributed by atoms with Crippen LogP contribution in [0.3, 0.4) is 0 Å². The van der Waals surface area contributed by atoms with Gasteiger partial charge >= 0.3 is 12.1 Å². The van der Waals surface area contributed by atoms with E-state index in [0.717, 1.165) is 0 Å². The van der Waals surface area contributed by atoms with Gasteiger partial charge in [-0.2, -0.15) is 18.4 Å². The molecule has 0 aromatic heterocycles. The molecule has 1 aromatic rings. The molecule has 3 nitrogen and oxygen atoms in total. The van der Waals surface area contributed by atoms with Crippen LogP contribution in [0.15, 0.2) is 24.3 Å². The lowest BCUT2D eigenvalue weighted by Crippen LogP contribution is -2.12. The molecular weight excluding hydrogens is 410 g/mol. The number of benzene rings is 1. The Morgan fingerprint density at radius 3 is 2.45 bits per heavy atom. The highest BCUT2D eigenvalue weighted by atomic mass is 127. The minimum atomic E-state index is -4.12. The zero-order valence-corrected chi connectivity index (χ0v) is 13.9. The first-order valence-corrected chi connectivity index (χ1v) is 7.94. The van der Waals surface area contributed by atoms with Gasteiger partial charge in [-0.05, 0) is 43.5 Å². The maximum absolute atomic E-state index is 12.1. The molecule has 0 saturated carbocycles. The van der Waals surface area contributed by atoms with Crippen molar-refractivity contribution in [3.63, 3.8) is 0 Å². The van der Waals surface area contributed by atoms with Crippen LogP contribution in [0.1, 0.15) is 41.6 Å². The highest BCUT2D eigenvalue weighted by Crippen LogP contribution is 2.26. The number of carbonyl (C=O) groups is 1. The van der Waals surface area contributed by atoms with Crippen molar-refractivity contribution in [3.05, 3.63) is 35.4 Å². The summed E-state index contributed by atoms with van der Waals surface area (Å²) in [7, 11) is 0. The van der Waals surface area contributed by atoms with Crippen molar-refractivity contribution in [2.75, 3.05) is 6.61 Å². The predicted octanol–water partition coefficient (Wildman–Crippen LogP) is 4.64. The summed E-state index contributed by atoms with van der Waals surface area (Å²) < 4.78 is 41.1. The van der Waals surface area contributed by atoms with Gasteiger partial charge in [0.25, 0.3) is 0 Å². The van der Waals surface area contributed by atoms with Crippen molar-refractivity contribution in [1.29, 1.82) is 5.26 Å². The number of esters is 1. The molecule has 0 N–H and O–H groups in total. The van der Waals surface area contributed by atoms with Crippen molar-refractivity contribution >= 4 is 28.6 Å². The minimum absolute atomic E-state index is 0.0770. The second-order valence-corrected chi connectivity index (χ2v) is 6.48. The molecular formula is C15H15F3INO2. The van der Waals surface area contributed by atoms with Crippen LogP contribution in [-0.4, -0.2) is 22.7 Å². The Bertz CT molecular complexity index is 523. The molecule has 0 aliphatic rings. The molecule has 1 unspecified atom stereocenters. The molecule has 0 spiro atoms. The van der Waals surface area contributed by atoms with Crippen molar-refractivity contribution in [2.24, 2.45) is 0 Å². The van der Waals surface area contributed by atoms with E-state index in [0.29, 0.717) is 24.0 Å². The number of alkyl halides is 4. The molecule has 0 amide bonds. The molecule has 1 aromatic carbocycles. The number of carbonyl (C=O) groups excluding carboxylic acids is 1. The van der Waals surface area contributed by atoms with Gasteiger partial charge in [0.2, 0.25) is 0 Å². The second-order valence-electron chi connectivity index (χ2n) is 4.72. The van der Waals surface area contributed by atoms with E-state index in [9.17, 15) is 18.0 Å². The molecule has 0 heterocycles. The number of halogens is 4. The van der Waals surface area contributed by atoms with Crippen molar-refractivity contribution in [3.8, 4) is 6.07 Å². The maximum Gasteiger partial charge on any atom is 0.389 e. The van der Waals surface area contributed by atoms with E-state index >= 15 is 0 Å². The average molecular weight is 425 g/mol. The highest BCUT2D eigenvalue weighted by Gasteiger charge is 2.27. The summed E-state index contributed by atoms with van der Waals surface area (Å²) in [6, 6.07) is 8.00. The van der Waals surface area contributed by atoms with Gasteiger partial charge in [-0.3, -0.25) is 0 Å². The number of hydrogen-bond acceptors (Lipinski definition) is 3. The van der Waals surface area contributed by atoms with Crippen LogP contribution >= 0.6 is 22.6 Å². The van der Waals surface area contributed by atoms with E-state index in [4.69, 9.17) is 10.00 Å². The number of nitriles is 1. The maximum atomic E-state index is 12.1. The van der Waals surface area contributed by atoms with E-state index in [2.05, 4.69) is 0 Å². The summed E-state index contributed by atoms with van der Waals surface area (Å²) in [6.07, 6.45) is -3.74. The van der Waals surface area contributed by atoms with Gasteiger partial charge in [0.15, 0.2) is 0 Å². The topological polar surface area (TPSA) is 50.1 Å². The lowest BCUT2D eigenvalue weighted by Gasteiger charge is -2.11. The molecule has 0 aliphatic carbocycles. The third-order valence-corrected chi connectivity index (χ3v) is 4.13. The van der Waals surface area contributed by atoms with E-state index in [-0.39, 0.29) is 17.0 Å². The fourth-order valence-electron chi connectivity index (χ4n) is 1.70. The molecule has 0 fully saturated rings. The van der Waals surface area contributed by atoms with E-state index in [1.165, 1.54) is 24.3 Å². The lowest BCUT2D eigenvalue weighted by molar-refractivity contribution is -0.135. The van der Waals surface area contributed by atoms with Crippen molar-refractivity contribution in [1.82, 2.24) is 0 Å². The lowest BCUT2D eigenvalue weighted by atomic mass is 10.1. The van der Waals surface area contributed by atoms with Crippen LogP contribution in [0.5, 0.6) is 0 Å². The first-order chi connectivity index (χ1) is 10.3. The molecule has 1 atom stereocenters. The van der Waals surface area contributed by atoms with Gasteiger partial charge in [-0.1, -0.05) is 22.6 Å². The van der Waals surface area contributed by atoms with Crippen LogP contribution in [0.4, 0.5) is 13.2 Å². The average Bonchev–Trinajstić information content (AvgIpc) is 2.48. The number of rotatable bonds is 7. The summed E-state index contributed by atoms with van der Waals surface area (Å²) in [5.74, 6) is -0.496. The molecule has 0 saturated heterocycles. The van der Waals surface area contributed by atoms with Crippen molar-refractivity contribution in [2.45, 2.75) is 35.8 Å². The Morgan fingerprint density at radius 2 is 1.91 bits per heavy atom. The number of hydrogen-bond donors (Lipinski definition) is 0. The summed E-state index contributed by atoms with van der Waals surface area (Å²) in [6.45, 7) is 0.171. The third kappa shape index (κ3) is 7.64.